The summed E-state index contributed by atoms with van der Waals surface area (Å²) in [5.74, 6) is 1.94. The Bertz CT molecular complexity index is 895. The minimum atomic E-state index is -0.254. The van der Waals surface area contributed by atoms with E-state index in [9.17, 15) is 4.39 Å². The SMILES string of the molecule is CCc1cc(-c2ccc(F)cc2)c(OCc2ccccc2)cc1OCCCCCl. The van der Waals surface area contributed by atoms with Gasteiger partial charge in [-0.05, 0) is 54.2 Å². The van der Waals surface area contributed by atoms with Gasteiger partial charge in [0.15, 0.2) is 0 Å². The Morgan fingerprint density at radius 1 is 0.862 bits per heavy atom. The molecule has 152 valence electrons. The maximum Gasteiger partial charge on any atom is 0.131 e. The number of aryl methyl sites for hydroxylation is 1. The highest BCUT2D eigenvalue weighted by Gasteiger charge is 2.14. The third kappa shape index (κ3) is 5.98. The molecule has 0 atom stereocenters. The molecule has 3 rings (SSSR count). The first kappa shape index (κ1) is 21.2. The summed E-state index contributed by atoms with van der Waals surface area (Å²) in [4.78, 5) is 0. The van der Waals surface area contributed by atoms with Gasteiger partial charge in [-0.25, -0.2) is 4.39 Å². The highest BCUT2D eigenvalue weighted by atomic mass is 35.5. The van der Waals surface area contributed by atoms with Crippen LogP contribution in [0.3, 0.4) is 0 Å². The van der Waals surface area contributed by atoms with Crippen LogP contribution in [0.25, 0.3) is 11.1 Å². The number of hydrogen-bond acceptors (Lipinski definition) is 2. The van der Waals surface area contributed by atoms with Gasteiger partial charge in [0.1, 0.15) is 23.9 Å². The minimum Gasteiger partial charge on any atom is -0.493 e. The minimum absolute atomic E-state index is 0.254. The van der Waals surface area contributed by atoms with Crippen molar-refractivity contribution in [1.29, 1.82) is 0 Å². The van der Waals surface area contributed by atoms with Crippen molar-refractivity contribution in [3.8, 4) is 22.6 Å². The van der Waals surface area contributed by atoms with E-state index in [0.717, 1.165) is 53.0 Å². The van der Waals surface area contributed by atoms with E-state index in [0.29, 0.717) is 19.1 Å². The molecular formula is C25H26ClFO2. The van der Waals surface area contributed by atoms with Crippen LogP contribution in [0.2, 0.25) is 0 Å². The number of rotatable bonds is 10. The van der Waals surface area contributed by atoms with Crippen molar-refractivity contribution in [2.24, 2.45) is 0 Å². The van der Waals surface area contributed by atoms with Crippen molar-refractivity contribution in [3.63, 3.8) is 0 Å². The second-order valence-corrected chi connectivity index (χ2v) is 7.21. The molecule has 0 aromatic heterocycles. The molecule has 0 radical (unpaired) electrons. The zero-order chi connectivity index (χ0) is 20.5. The van der Waals surface area contributed by atoms with Gasteiger partial charge >= 0.3 is 0 Å². The van der Waals surface area contributed by atoms with Crippen molar-refractivity contribution in [1.82, 2.24) is 0 Å². The Morgan fingerprint density at radius 3 is 2.31 bits per heavy atom. The number of hydrogen-bond donors (Lipinski definition) is 0. The number of ether oxygens (including phenoxy) is 2. The molecule has 3 aromatic carbocycles. The Balaban J connectivity index is 1.92. The van der Waals surface area contributed by atoms with Crippen molar-refractivity contribution in [2.75, 3.05) is 12.5 Å². The average molecular weight is 413 g/mol. The van der Waals surface area contributed by atoms with Crippen molar-refractivity contribution < 1.29 is 13.9 Å². The molecule has 0 heterocycles. The number of unbranched alkanes of at least 4 members (excludes halogenated alkanes) is 1. The second-order valence-electron chi connectivity index (χ2n) is 6.84. The van der Waals surface area contributed by atoms with Crippen molar-refractivity contribution >= 4 is 11.6 Å². The van der Waals surface area contributed by atoms with Gasteiger partial charge in [0.2, 0.25) is 0 Å². The van der Waals surface area contributed by atoms with E-state index in [2.05, 4.69) is 13.0 Å². The average Bonchev–Trinajstić information content (AvgIpc) is 2.76. The molecule has 0 amide bonds. The zero-order valence-electron chi connectivity index (χ0n) is 16.7. The summed E-state index contributed by atoms with van der Waals surface area (Å²) in [6.45, 7) is 3.17. The Labute approximate surface area is 177 Å². The highest BCUT2D eigenvalue weighted by molar-refractivity contribution is 6.17. The lowest BCUT2D eigenvalue weighted by Gasteiger charge is -2.18. The quantitative estimate of drug-likeness (QED) is 0.263. The summed E-state index contributed by atoms with van der Waals surface area (Å²) < 4.78 is 25.6. The van der Waals surface area contributed by atoms with Crippen LogP contribution in [0.5, 0.6) is 11.5 Å². The molecule has 0 bridgehead atoms. The van der Waals surface area contributed by atoms with Crippen LogP contribution in [0, 0.1) is 5.82 Å². The van der Waals surface area contributed by atoms with E-state index in [-0.39, 0.29) is 5.82 Å². The van der Waals surface area contributed by atoms with Gasteiger partial charge in [0, 0.05) is 17.5 Å². The molecule has 2 nitrogen and oxygen atoms in total. The molecule has 0 aliphatic rings. The first-order valence-electron chi connectivity index (χ1n) is 9.99. The van der Waals surface area contributed by atoms with Crippen LogP contribution in [-0.2, 0) is 13.0 Å². The molecule has 0 fully saturated rings. The van der Waals surface area contributed by atoms with E-state index in [1.807, 2.05) is 36.4 Å². The van der Waals surface area contributed by atoms with E-state index in [4.69, 9.17) is 21.1 Å². The summed E-state index contributed by atoms with van der Waals surface area (Å²) >= 11 is 5.76. The fraction of sp³-hybridized carbons (Fsp3) is 0.280. The lowest BCUT2D eigenvalue weighted by Crippen LogP contribution is -2.03. The fourth-order valence-electron chi connectivity index (χ4n) is 3.11. The van der Waals surface area contributed by atoms with Crippen LogP contribution < -0.4 is 9.47 Å². The molecule has 3 aromatic rings. The third-order valence-electron chi connectivity index (χ3n) is 4.72. The molecular weight excluding hydrogens is 387 g/mol. The van der Waals surface area contributed by atoms with Crippen LogP contribution in [0.4, 0.5) is 4.39 Å². The van der Waals surface area contributed by atoms with Gasteiger partial charge in [-0.15, -0.1) is 11.6 Å². The first-order valence-corrected chi connectivity index (χ1v) is 10.5. The normalized spacial score (nSPS) is 10.7. The Morgan fingerprint density at radius 2 is 1.62 bits per heavy atom. The molecule has 0 saturated heterocycles. The van der Waals surface area contributed by atoms with Crippen molar-refractivity contribution in [3.05, 3.63) is 83.7 Å². The second kappa shape index (κ2) is 10.9. The van der Waals surface area contributed by atoms with Crippen LogP contribution in [-0.4, -0.2) is 12.5 Å². The Kier molecular flexibility index (Phi) is 7.94. The van der Waals surface area contributed by atoms with E-state index in [1.54, 1.807) is 12.1 Å². The van der Waals surface area contributed by atoms with Crippen LogP contribution >= 0.6 is 11.6 Å². The molecule has 0 spiro atoms. The highest BCUT2D eigenvalue weighted by Crippen LogP contribution is 2.37. The van der Waals surface area contributed by atoms with E-state index < -0.39 is 0 Å². The van der Waals surface area contributed by atoms with Gasteiger partial charge in [-0.3, -0.25) is 0 Å². The lowest BCUT2D eigenvalue weighted by atomic mass is 9.99. The smallest absolute Gasteiger partial charge is 0.131 e. The molecule has 29 heavy (non-hydrogen) atoms. The van der Waals surface area contributed by atoms with E-state index >= 15 is 0 Å². The maximum absolute atomic E-state index is 13.4. The lowest BCUT2D eigenvalue weighted by molar-refractivity contribution is 0.291. The van der Waals surface area contributed by atoms with Gasteiger partial charge in [-0.2, -0.15) is 0 Å². The Hall–Kier alpha value is -2.52. The van der Waals surface area contributed by atoms with Gasteiger partial charge < -0.3 is 9.47 Å². The van der Waals surface area contributed by atoms with Gasteiger partial charge in [-0.1, -0.05) is 49.4 Å². The van der Waals surface area contributed by atoms with Crippen molar-refractivity contribution in [2.45, 2.75) is 32.8 Å². The van der Waals surface area contributed by atoms with E-state index in [1.165, 1.54) is 12.1 Å². The third-order valence-corrected chi connectivity index (χ3v) is 4.99. The summed E-state index contributed by atoms with van der Waals surface area (Å²) in [5.41, 5.74) is 4.03. The monoisotopic (exact) mass is 412 g/mol. The summed E-state index contributed by atoms with van der Waals surface area (Å²) in [7, 11) is 0. The molecule has 0 aliphatic heterocycles. The van der Waals surface area contributed by atoms with Crippen LogP contribution in [0.1, 0.15) is 30.9 Å². The number of benzene rings is 3. The topological polar surface area (TPSA) is 18.5 Å². The maximum atomic E-state index is 13.4. The molecule has 0 unspecified atom stereocenters. The zero-order valence-corrected chi connectivity index (χ0v) is 17.4. The van der Waals surface area contributed by atoms with Gasteiger partial charge in [0.05, 0.1) is 6.61 Å². The molecule has 4 heteroatoms. The fourth-order valence-corrected chi connectivity index (χ4v) is 3.29. The summed E-state index contributed by atoms with van der Waals surface area (Å²) in [6, 6.07) is 20.6. The van der Waals surface area contributed by atoms with Crippen LogP contribution in [0.15, 0.2) is 66.7 Å². The molecule has 0 saturated carbocycles. The molecule has 0 N–H and O–H groups in total. The standard InChI is InChI=1S/C25H26ClFO2/c1-2-20-16-23(21-10-12-22(27)13-11-21)25(17-24(20)28-15-7-6-14-26)29-18-19-8-4-3-5-9-19/h3-5,8-13,16-17H,2,6-7,14-15,18H2,1H3. The first-order chi connectivity index (χ1) is 14.2. The van der Waals surface area contributed by atoms with Gasteiger partial charge in [0.25, 0.3) is 0 Å². The predicted octanol–water partition coefficient (Wildman–Crippen LogP) is 7.03. The molecule has 0 aliphatic carbocycles. The largest absolute Gasteiger partial charge is 0.493 e. The summed E-state index contributed by atoms with van der Waals surface area (Å²) in [6.07, 6.45) is 2.67. The number of halogens is 2. The number of alkyl halides is 1. The predicted molar refractivity (Wildman–Crippen MR) is 117 cm³/mol. The summed E-state index contributed by atoms with van der Waals surface area (Å²) in [5, 5.41) is 0.